The Morgan fingerprint density at radius 3 is 1.50 bits per heavy atom. The van der Waals surface area contributed by atoms with Crippen LogP contribution in [0.4, 0.5) is 0 Å². The van der Waals surface area contributed by atoms with Gasteiger partial charge in [0.2, 0.25) is 0 Å². The highest BCUT2D eigenvalue weighted by Gasteiger charge is 2.39. The van der Waals surface area contributed by atoms with E-state index in [0.717, 1.165) is 42.4 Å². The molecule has 0 spiro atoms. The van der Waals surface area contributed by atoms with Crippen LogP contribution in [-0.4, -0.2) is 10.7 Å². The van der Waals surface area contributed by atoms with Crippen LogP contribution in [0.15, 0.2) is 0 Å². The minimum Gasteiger partial charge on any atom is -0.390 e. The Labute approximate surface area is 128 Å². The summed E-state index contributed by atoms with van der Waals surface area (Å²) >= 11 is 0. The quantitative estimate of drug-likeness (QED) is 0.668. The molecule has 0 amide bonds. The first-order valence-electron chi connectivity index (χ1n) is 8.43. The third kappa shape index (κ3) is 6.61. The number of rotatable bonds is 2. The molecule has 2 fully saturated rings. The van der Waals surface area contributed by atoms with E-state index in [9.17, 15) is 5.11 Å². The van der Waals surface area contributed by atoms with Crippen molar-refractivity contribution in [2.24, 2.45) is 29.6 Å². The summed E-state index contributed by atoms with van der Waals surface area (Å²) in [6.07, 6.45) is 7.93. The predicted molar refractivity (Wildman–Crippen MR) is 90.9 cm³/mol. The molecule has 122 valence electrons. The molecule has 0 aromatic heterocycles. The van der Waals surface area contributed by atoms with Crippen molar-refractivity contribution in [3.05, 3.63) is 0 Å². The second kappa shape index (κ2) is 8.41. The van der Waals surface area contributed by atoms with Crippen LogP contribution in [0, 0.1) is 29.6 Å². The van der Waals surface area contributed by atoms with Gasteiger partial charge in [-0.05, 0) is 62.2 Å². The summed E-state index contributed by atoms with van der Waals surface area (Å²) < 4.78 is 0. The molecule has 20 heavy (non-hydrogen) atoms. The van der Waals surface area contributed by atoms with E-state index in [1.165, 1.54) is 25.7 Å². The lowest BCUT2D eigenvalue weighted by molar-refractivity contribution is -0.0713. The summed E-state index contributed by atoms with van der Waals surface area (Å²) in [4.78, 5) is 0. The van der Waals surface area contributed by atoms with E-state index in [0.29, 0.717) is 0 Å². The van der Waals surface area contributed by atoms with Gasteiger partial charge in [0, 0.05) is 0 Å². The Morgan fingerprint density at radius 1 is 0.850 bits per heavy atom. The van der Waals surface area contributed by atoms with Crippen LogP contribution in [0.1, 0.15) is 87.5 Å². The summed E-state index contributed by atoms with van der Waals surface area (Å²) in [6, 6.07) is 0. The standard InChI is InChI=1S/C10H20.C8H16O.CH4/c1-8(2)10-6-4-9(3)5-7-10;1-6(2)7-4-8(3,9)5-7;/h8-10H,4-7H2,1-3H3;6-7,9H,4-5H2,1-3H3;1H4. The first-order valence-corrected chi connectivity index (χ1v) is 8.43. The Bertz CT molecular complexity index is 238. The fourth-order valence-corrected chi connectivity index (χ4v) is 3.49. The van der Waals surface area contributed by atoms with Crippen LogP contribution in [0.2, 0.25) is 0 Å². The molecule has 0 heterocycles. The zero-order valence-corrected chi connectivity index (χ0v) is 14.1. The largest absolute Gasteiger partial charge is 0.390 e. The van der Waals surface area contributed by atoms with Gasteiger partial charge in [-0.15, -0.1) is 0 Å². The van der Waals surface area contributed by atoms with Crippen molar-refractivity contribution in [1.29, 1.82) is 0 Å². The lowest BCUT2D eigenvalue weighted by Crippen LogP contribution is -2.42. The second-order valence-corrected chi connectivity index (χ2v) is 8.17. The van der Waals surface area contributed by atoms with Gasteiger partial charge >= 0.3 is 0 Å². The van der Waals surface area contributed by atoms with Gasteiger partial charge in [-0.1, -0.05) is 54.9 Å². The van der Waals surface area contributed by atoms with Gasteiger partial charge in [-0.2, -0.15) is 0 Å². The van der Waals surface area contributed by atoms with E-state index >= 15 is 0 Å². The molecule has 0 unspecified atom stereocenters. The Kier molecular flexibility index (Phi) is 8.40. The van der Waals surface area contributed by atoms with E-state index < -0.39 is 0 Å². The van der Waals surface area contributed by atoms with E-state index in [2.05, 4.69) is 34.6 Å². The molecule has 1 heteroatoms. The molecule has 0 radical (unpaired) electrons. The maximum atomic E-state index is 9.33. The molecule has 0 aromatic rings. The molecular weight excluding hydrogens is 244 g/mol. The topological polar surface area (TPSA) is 20.2 Å². The normalized spacial score (nSPS) is 36.8. The minimum atomic E-state index is -0.324. The maximum absolute atomic E-state index is 9.33. The minimum absolute atomic E-state index is 0. The molecule has 0 bridgehead atoms. The first kappa shape index (κ1) is 20.0. The predicted octanol–water partition coefficient (Wildman–Crippen LogP) is 5.91. The summed E-state index contributed by atoms with van der Waals surface area (Å²) in [5, 5.41) is 9.33. The zero-order valence-electron chi connectivity index (χ0n) is 14.1. The lowest BCUT2D eigenvalue weighted by atomic mass is 9.67. The van der Waals surface area contributed by atoms with E-state index in [-0.39, 0.29) is 13.0 Å². The second-order valence-electron chi connectivity index (χ2n) is 8.17. The van der Waals surface area contributed by atoms with Gasteiger partial charge in [0.15, 0.2) is 0 Å². The third-order valence-corrected chi connectivity index (χ3v) is 5.35. The van der Waals surface area contributed by atoms with Crippen molar-refractivity contribution >= 4 is 0 Å². The summed E-state index contributed by atoms with van der Waals surface area (Å²) in [6.45, 7) is 13.5. The molecule has 1 nitrogen and oxygen atoms in total. The smallest absolute Gasteiger partial charge is 0.0625 e. The SMILES string of the molecule is C.CC(C)C1CC(C)(O)C1.CC1CCC(C(C)C)CC1. The number of hydrogen-bond donors (Lipinski definition) is 1. The van der Waals surface area contributed by atoms with Gasteiger partial charge in [0.1, 0.15) is 0 Å². The van der Waals surface area contributed by atoms with Gasteiger partial charge in [-0.25, -0.2) is 0 Å². The molecule has 0 aliphatic heterocycles. The molecule has 1 N–H and O–H groups in total. The van der Waals surface area contributed by atoms with Crippen molar-refractivity contribution < 1.29 is 5.11 Å². The Morgan fingerprint density at radius 2 is 1.25 bits per heavy atom. The molecule has 2 aliphatic rings. The van der Waals surface area contributed by atoms with Crippen molar-refractivity contribution in [3.63, 3.8) is 0 Å². The average Bonchev–Trinajstić information content (AvgIpc) is 2.27. The van der Waals surface area contributed by atoms with Gasteiger partial charge in [-0.3, -0.25) is 0 Å². The van der Waals surface area contributed by atoms with Crippen LogP contribution in [0.5, 0.6) is 0 Å². The number of aliphatic hydroxyl groups is 1. The molecule has 2 saturated carbocycles. The molecule has 0 saturated heterocycles. The molecule has 2 rings (SSSR count). The lowest BCUT2D eigenvalue weighted by Gasteiger charge is -2.43. The molecule has 2 aliphatic carbocycles. The average molecular weight is 285 g/mol. The van der Waals surface area contributed by atoms with Crippen molar-refractivity contribution in [2.45, 2.75) is 93.1 Å². The highest BCUT2D eigenvalue weighted by molar-refractivity contribution is 4.91. The molecular formula is C19H40O. The highest BCUT2D eigenvalue weighted by atomic mass is 16.3. The van der Waals surface area contributed by atoms with Gasteiger partial charge < -0.3 is 5.11 Å². The zero-order chi connectivity index (χ0) is 14.6. The van der Waals surface area contributed by atoms with Crippen LogP contribution in [-0.2, 0) is 0 Å². The third-order valence-electron chi connectivity index (χ3n) is 5.35. The molecule has 0 atom stereocenters. The summed E-state index contributed by atoms with van der Waals surface area (Å²) in [7, 11) is 0. The Hall–Kier alpha value is -0.0400. The van der Waals surface area contributed by atoms with Crippen LogP contribution in [0.25, 0.3) is 0 Å². The van der Waals surface area contributed by atoms with Crippen molar-refractivity contribution in [3.8, 4) is 0 Å². The highest BCUT2D eigenvalue weighted by Crippen LogP contribution is 2.41. The van der Waals surface area contributed by atoms with E-state index in [1.54, 1.807) is 0 Å². The van der Waals surface area contributed by atoms with E-state index in [1.807, 2.05) is 6.92 Å². The maximum Gasteiger partial charge on any atom is 0.0625 e. The van der Waals surface area contributed by atoms with Crippen molar-refractivity contribution in [2.75, 3.05) is 0 Å². The summed E-state index contributed by atoms with van der Waals surface area (Å²) in [5.74, 6) is 4.50. The monoisotopic (exact) mass is 284 g/mol. The van der Waals surface area contributed by atoms with Crippen molar-refractivity contribution in [1.82, 2.24) is 0 Å². The van der Waals surface area contributed by atoms with E-state index in [4.69, 9.17) is 0 Å². The van der Waals surface area contributed by atoms with Gasteiger partial charge in [0.05, 0.1) is 5.60 Å². The van der Waals surface area contributed by atoms with Crippen LogP contribution < -0.4 is 0 Å². The van der Waals surface area contributed by atoms with Gasteiger partial charge in [0.25, 0.3) is 0 Å². The first-order chi connectivity index (χ1) is 8.71. The summed E-state index contributed by atoms with van der Waals surface area (Å²) in [5.41, 5.74) is -0.324. The molecule has 0 aromatic carbocycles. The fourth-order valence-electron chi connectivity index (χ4n) is 3.49. The number of hydrogen-bond acceptors (Lipinski definition) is 1. The van der Waals surface area contributed by atoms with Crippen LogP contribution in [0.3, 0.4) is 0 Å². The Balaban J connectivity index is 0.000000345. The van der Waals surface area contributed by atoms with Crippen LogP contribution >= 0.6 is 0 Å². The fraction of sp³-hybridized carbons (Fsp3) is 1.00.